The summed E-state index contributed by atoms with van der Waals surface area (Å²) in [5.74, 6) is 0.852. The third kappa shape index (κ3) is 3.48. The fourth-order valence-corrected chi connectivity index (χ4v) is 3.70. The molecule has 4 rings (SSSR count). The fourth-order valence-electron chi connectivity index (χ4n) is 3.18. The number of para-hydroxylation sites is 1. The molecule has 2 aromatic carbocycles. The first-order valence-corrected chi connectivity index (χ1v) is 10.2. The van der Waals surface area contributed by atoms with Crippen LogP contribution in [-0.4, -0.2) is 22.0 Å². The number of nitrogens with zero attached hydrogens (tertiary/aromatic N) is 3. The second-order valence-electron chi connectivity index (χ2n) is 6.61. The van der Waals surface area contributed by atoms with Crippen LogP contribution >= 0.6 is 11.3 Å². The number of carbonyl (C=O) groups excluding carboxylic acids is 1. The Morgan fingerprint density at radius 3 is 2.82 bits per heavy atom. The van der Waals surface area contributed by atoms with Crippen LogP contribution in [0, 0.1) is 0 Å². The number of thiazole rings is 1. The monoisotopic (exact) mass is 392 g/mol. The van der Waals surface area contributed by atoms with Crippen molar-refractivity contribution < 1.29 is 9.36 Å². The lowest BCUT2D eigenvalue weighted by atomic mass is 10.2. The number of hydrogen-bond donors (Lipinski definition) is 2. The Labute approximate surface area is 167 Å². The highest BCUT2D eigenvalue weighted by molar-refractivity contribution is 7.07. The second-order valence-corrected chi connectivity index (χ2v) is 7.33. The molecule has 1 atom stereocenters. The molecule has 1 unspecified atom stereocenters. The van der Waals surface area contributed by atoms with Crippen molar-refractivity contribution in [3.8, 4) is 5.82 Å². The number of imidazole rings is 1. The number of anilines is 2. The van der Waals surface area contributed by atoms with Gasteiger partial charge in [-0.05, 0) is 37.6 Å². The maximum Gasteiger partial charge on any atom is 0.326 e. The van der Waals surface area contributed by atoms with Crippen LogP contribution in [0.5, 0.6) is 0 Å². The van der Waals surface area contributed by atoms with Crippen molar-refractivity contribution in [1.82, 2.24) is 9.97 Å². The number of aromatic nitrogens is 3. The molecule has 142 valence electrons. The van der Waals surface area contributed by atoms with Crippen LogP contribution in [0.4, 0.5) is 16.2 Å². The molecule has 0 saturated carbocycles. The predicted octanol–water partition coefficient (Wildman–Crippen LogP) is 4.74. The van der Waals surface area contributed by atoms with Gasteiger partial charge in [-0.25, -0.2) is 4.79 Å². The lowest BCUT2D eigenvalue weighted by Gasteiger charge is -2.28. The molecule has 0 radical (unpaired) electrons. The van der Waals surface area contributed by atoms with Crippen LogP contribution < -0.4 is 14.8 Å². The van der Waals surface area contributed by atoms with Crippen LogP contribution in [0.2, 0.25) is 0 Å². The highest BCUT2D eigenvalue weighted by Crippen LogP contribution is 2.22. The van der Waals surface area contributed by atoms with Crippen molar-refractivity contribution >= 4 is 39.8 Å². The Morgan fingerprint density at radius 1 is 1.29 bits per heavy atom. The van der Waals surface area contributed by atoms with Gasteiger partial charge in [-0.2, -0.15) is 4.57 Å². The number of benzene rings is 2. The molecule has 2 aromatic heterocycles. The molecule has 2 amide bonds. The normalized spacial score (nSPS) is 12.1. The molecule has 0 bridgehead atoms. The lowest BCUT2D eigenvalue weighted by Crippen LogP contribution is -2.41. The molecule has 28 heavy (non-hydrogen) atoms. The zero-order chi connectivity index (χ0) is 19.5. The molecular formula is C21H22N5OS+. The summed E-state index contributed by atoms with van der Waals surface area (Å²) < 4.78 is 1.98. The molecular weight excluding hydrogens is 370 g/mol. The van der Waals surface area contributed by atoms with Crippen LogP contribution in [0.3, 0.4) is 0 Å². The standard InChI is InChI=1S/C21H21N5OS/c1-3-15(2)26(17-7-5-4-6-8-17)21(27)24-16-9-10-18-19(11-16)25(13-22-18)20-12-28-14-23-20/h4-15H,3H2,1-2H3,(H,24,27)/p+1. The molecule has 7 heteroatoms. The maximum absolute atomic E-state index is 13.1. The van der Waals surface area contributed by atoms with E-state index in [1.54, 1.807) is 21.7 Å². The summed E-state index contributed by atoms with van der Waals surface area (Å²) in [6, 6.07) is 15.5. The van der Waals surface area contributed by atoms with Gasteiger partial charge in [0.15, 0.2) is 11.8 Å². The van der Waals surface area contributed by atoms with Crippen molar-refractivity contribution in [2.45, 2.75) is 26.3 Å². The second kappa shape index (κ2) is 7.82. The van der Waals surface area contributed by atoms with Gasteiger partial charge < -0.3 is 5.32 Å². The number of aromatic amines is 1. The van der Waals surface area contributed by atoms with Gasteiger partial charge in [0.2, 0.25) is 0 Å². The Balaban J connectivity index is 1.64. The van der Waals surface area contributed by atoms with Gasteiger partial charge in [-0.15, -0.1) is 11.3 Å². The molecule has 0 aliphatic carbocycles. The van der Waals surface area contributed by atoms with Crippen molar-refractivity contribution in [3.05, 3.63) is 65.7 Å². The summed E-state index contributed by atoms with van der Waals surface area (Å²) in [7, 11) is 0. The topological polar surface area (TPSA) is 64.9 Å². The number of hydrogen-bond acceptors (Lipinski definition) is 3. The summed E-state index contributed by atoms with van der Waals surface area (Å²) >= 11 is 1.55. The highest BCUT2D eigenvalue weighted by atomic mass is 32.1. The Kier molecular flexibility index (Phi) is 5.08. The van der Waals surface area contributed by atoms with Crippen molar-refractivity contribution in [1.29, 1.82) is 0 Å². The van der Waals surface area contributed by atoms with Gasteiger partial charge in [-0.3, -0.25) is 9.88 Å². The number of H-pyrrole nitrogens is 1. The Morgan fingerprint density at radius 2 is 2.11 bits per heavy atom. The van der Waals surface area contributed by atoms with Gasteiger partial charge in [0.1, 0.15) is 11.0 Å². The molecule has 0 aliphatic heterocycles. The molecule has 0 saturated heterocycles. The van der Waals surface area contributed by atoms with Crippen LogP contribution in [0.25, 0.3) is 16.9 Å². The number of carbonyl (C=O) groups is 1. The van der Waals surface area contributed by atoms with Crippen LogP contribution in [0.15, 0.2) is 65.7 Å². The van der Waals surface area contributed by atoms with Gasteiger partial charge >= 0.3 is 6.03 Å². The molecule has 2 heterocycles. The summed E-state index contributed by atoms with van der Waals surface area (Å²) in [4.78, 5) is 22.5. The van der Waals surface area contributed by atoms with E-state index in [1.165, 1.54) is 0 Å². The third-order valence-corrected chi connectivity index (χ3v) is 5.38. The van der Waals surface area contributed by atoms with Crippen molar-refractivity contribution in [3.63, 3.8) is 0 Å². The number of amides is 2. The van der Waals surface area contributed by atoms with E-state index in [1.807, 2.05) is 64.8 Å². The van der Waals surface area contributed by atoms with Crippen LogP contribution in [-0.2, 0) is 0 Å². The van der Waals surface area contributed by atoms with E-state index in [0.717, 1.165) is 34.6 Å². The summed E-state index contributed by atoms with van der Waals surface area (Å²) in [6.07, 6.45) is 2.74. The minimum absolute atomic E-state index is 0.0818. The average Bonchev–Trinajstić information content (AvgIpc) is 3.38. The van der Waals surface area contributed by atoms with E-state index in [2.05, 4.69) is 29.1 Å². The predicted molar refractivity (Wildman–Crippen MR) is 113 cm³/mol. The largest absolute Gasteiger partial charge is 0.326 e. The van der Waals surface area contributed by atoms with Gasteiger partial charge in [0.25, 0.3) is 5.82 Å². The van der Waals surface area contributed by atoms with Gasteiger partial charge in [0, 0.05) is 23.5 Å². The average molecular weight is 393 g/mol. The van der Waals surface area contributed by atoms with E-state index in [9.17, 15) is 4.79 Å². The Bertz CT molecular complexity index is 1070. The minimum Gasteiger partial charge on any atom is -0.307 e. The smallest absolute Gasteiger partial charge is 0.307 e. The fraction of sp³-hybridized carbons (Fsp3) is 0.190. The first-order chi connectivity index (χ1) is 13.7. The number of fused-ring (bicyclic) bond motifs is 1. The van der Waals surface area contributed by atoms with Crippen molar-refractivity contribution in [2.24, 2.45) is 0 Å². The zero-order valence-electron chi connectivity index (χ0n) is 15.8. The zero-order valence-corrected chi connectivity index (χ0v) is 16.6. The quantitative estimate of drug-likeness (QED) is 0.482. The number of urea groups is 1. The molecule has 0 aliphatic rings. The summed E-state index contributed by atoms with van der Waals surface area (Å²) in [5, 5.41) is 5.04. The van der Waals surface area contributed by atoms with Crippen LogP contribution in [0.1, 0.15) is 20.3 Å². The minimum atomic E-state index is -0.143. The molecule has 6 nitrogen and oxygen atoms in total. The summed E-state index contributed by atoms with van der Waals surface area (Å²) in [5.41, 5.74) is 5.36. The lowest BCUT2D eigenvalue weighted by molar-refractivity contribution is -0.570. The number of rotatable bonds is 5. The SMILES string of the molecule is CCC(C)N(C(=O)Nc1ccc2[nH]c[n+](-c3cscn3)c2c1)c1ccccc1. The van der Waals surface area contributed by atoms with E-state index in [-0.39, 0.29) is 12.1 Å². The van der Waals surface area contributed by atoms with Crippen molar-refractivity contribution in [2.75, 3.05) is 10.2 Å². The third-order valence-electron chi connectivity index (χ3n) is 4.81. The highest BCUT2D eigenvalue weighted by Gasteiger charge is 2.21. The van der Waals surface area contributed by atoms with E-state index >= 15 is 0 Å². The maximum atomic E-state index is 13.1. The molecule has 4 aromatic rings. The van der Waals surface area contributed by atoms with Gasteiger partial charge in [-0.1, -0.05) is 30.1 Å². The first-order valence-electron chi connectivity index (χ1n) is 9.24. The molecule has 0 spiro atoms. The molecule has 0 fully saturated rings. The van der Waals surface area contributed by atoms with E-state index in [4.69, 9.17) is 0 Å². The van der Waals surface area contributed by atoms with E-state index < -0.39 is 0 Å². The molecule has 2 N–H and O–H groups in total. The number of nitrogens with one attached hydrogen (secondary N) is 2. The van der Waals surface area contributed by atoms with E-state index in [0.29, 0.717) is 0 Å². The van der Waals surface area contributed by atoms with Gasteiger partial charge in [0.05, 0.1) is 5.38 Å². The Hall–Kier alpha value is -3.19. The first kappa shape index (κ1) is 18.2. The summed E-state index contributed by atoms with van der Waals surface area (Å²) in [6.45, 7) is 4.13.